The van der Waals surface area contributed by atoms with Crippen LogP contribution in [0.15, 0.2) is 42.5 Å². The number of anilines is 1. The van der Waals surface area contributed by atoms with E-state index < -0.39 is 40.6 Å². The van der Waals surface area contributed by atoms with Gasteiger partial charge in [-0.25, -0.2) is 22.0 Å². The van der Waals surface area contributed by atoms with Crippen molar-refractivity contribution in [3.63, 3.8) is 0 Å². The zero-order valence-corrected chi connectivity index (χ0v) is 17.3. The lowest BCUT2D eigenvalue weighted by Crippen LogP contribution is -2.19. The van der Waals surface area contributed by atoms with Gasteiger partial charge >= 0.3 is 0 Å². The van der Waals surface area contributed by atoms with Gasteiger partial charge in [0.25, 0.3) is 5.91 Å². The van der Waals surface area contributed by atoms with Gasteiger partial charge < -0.3 is 5.32 Å². The van der Waals surface area contributed by atoms with E-state index in [0.29, 0.717) is 16.7 Å². The Kier molecular flexibility index (Phi) is 6.08. The Morgan fingerprint density at radius 2 is 1.45 bits per heavy atom. The fourth-order valence-electron chi connectivity index (χ4n) is 3.28. The van der Waals surface area contributed by atoms with Crippen LogP contribution >= 0.6 is 0 Å². The molecule has 1 heterocycles. The van der Waals surface area contributed by atoms with Gasteiger partial charge in [-0.15, -0.1) is 10.2 Å². The Labute approximate surface area is 184 Å². The molecule has 0 spiro atoms. The molecule has 33 heavy (non-hydrogen) atoms. The van der Waals surface area contributed by atoms with E-state index in [2.05, 4.69) is 22.4 Å². The Balaban J connectivity index is 1.59. The second kappa shape index (κ2) is 8.97. The summed E-state index contributed by atoms with van der Waals surface area (Å²) in [4.78, 5) is 13.6. The van der Waals surface area contributed by atoms with Gasteiger partial charge in [-0.05, 0) is 48.7 Å². The largest absolute Gasteiger partial charge is 0.322 e. The number of rotatable bonds is 6. The Hall–Kier alpha value is -3.82. The van der Waals surface area contributed by atoms with E-state index in [-0.39, 0.29) is 5.69 Å². The van der Waals surface area contributed by atoms with Crippen LogP contribution < -0.4 is 5.32 Å². The van der Waals surface area contributed by atoms with Crippen LogP contribution in [0, 0.1) is 29.1 Å². The third-order valence-corrected chi connectivity index (χ3v) is 5.06. The number of benzene rings is 3. The fraction of sp³-hybridized carbons (Fsp3) is 0.174. The van der Waals surface area contributed by atoms with Gasteiger partial charge in [0, 0.05) is 5.69 Å². The molecule has 1 amide bonds. The van der Waals surface area contributed by atoms with Crippen LogP contribution in [-0.2, 0) is 6.42 Å². The van der Waals surface area contributed by atoms with Gasteiger partial charge in [-0.2, -0.15) is 4.80 Å². The van der Waals surface area contributed by atoms with Gasteiger partial charge in [-0.3, -0.25) is 4.79 Å². The SMILES string of the molecule is CCCCc1ccc(-n2nc3ccc(NC(=O)c4c(F)c(F)c(F)c(F)c4F)cc3n2)cc1. The average molecular weight is 460 g/mol. The Morgan fingerprint density at radius 1 is 0.848 bits per heavy atom. The molecule has 1 aromatic heterocycles. The molecular weight excluding hydrogens is 443 g/mol. The predicted molar refractivity (Wildman–Crippen MR) is 112 cm³/mol. The maximum absolute atomic E-state index is 13.9. The lowest BCUT2D eigenvalue weighted by Gasteiger charge is -2.09. The summed E-state index contributed by atoms with van der Waals surface area (Å²) in [5.74, 6) is -12.6. The van der Waals surface area contributed by atoms with Crippen LogP contribution in [0.1, 0.15) is 35.7 Å². The highest BCUT2D eigenvalue weighted by Gasteiger charge is 2.29. The second-order valence-corrected chi connectivity index (χ2v) is 7.36. The maximum Gasteiger partial charge on any atom is 0.261 e. The molecular formula is C23H17F5N4O. The second-order valence-electron chi connectivity index (χ2n) is 7.36. The number of fused-ring (bicyclic) bond motifs is 1. The molecule has 170 valence electrons. The fourth-order valence-corrected chi connectivity index (χ4v) is 3.28. The third kappa shape index (κ3) is 4.28. The van der Waals surface area contributed by atoms with Crippen LogP contribution in [0.2, 0.25) is 0 Å². The molecule has 3 aromatic carbocycles. The number of carbonyl (C=O) groups excluding carboxylic acids is 1. The highest BCUT2D eigenvalue weighted by molar-refractivity contribution is 6.05. The van der Waals surface area contributed by atoms with Gasteiger partial charge in [0.1, 0.15) is 16.6 Å². The smallest absolute Gasteiger partial charge is 0.261 e. The molecule has 0 atom stereocenters. The first kappa shape index (κ1) is 22.4. The van der Waals surface area contributed by atoms with E-state index in [1.165, 1.54) is 28.6 Å². The minimum Gasteiger partial charge on any atom is -0.322 e. The Bertz CT molecular complexity index is 1320. The van der Waals surface area contributed by atoms with Crippen molar-refractivity contribution < 1.29 is 26.7 Å². The van der Waals surface area contributed by atoms with Crippen LogP contribution in [0.25, 0.3) is 16.7 Å². The molecule has 0 saturated heterocycles. The molecule has 1 N–H and O–H groups in total. The van der Waals surface area contributed by atoms with Crippen LogP contribution in [0.5, 0.6) is 0 Å². The topological polar surface area (TPSA) is 59.8 Å². The molecule has 0 unspecified atom stereocenters. The summed E-state index contributed by atoms with van der Waals surface area (Å²) in [5, 5.41) is 10.8. The van der Waals surface area contributed by atoms with Crippen molar-refractivity contribution in [1.82, 2.24) is 15.0 Å². The van der Waals surface area contributed by atoms with Crippen molar-refractivity contribution >= 4 is 22.6 Å². The number of aromatic nitrogens is 3. The summed E-state index contributed by atoms with van der Waals surface area (Å²) in [6.45, 7) is 2.12. The first-order chi connectivity index (χ1) is 15.8. The monoisotopic (exact) mass is 460 g/mol. The van der Waals surface area contributed by atoms with Crippen molar-refractivity contribution in [1.29, 1.82) is 0 Å². The first-order valence-corrected chi connectivity index (χ1v) is 10.1. The lowest BCUT2D eigenvalue weighted by molar-refractivity contribution is 0.101. The predicted octanol–water partition coefficient (Wildman–Crippen LogP) is 5.71. The van der Waals surface area contributed by atoms with E-state index >= 15 is 0 Å². The van der Waals surface area contributed by atoms with Crippen LogP contribution in [0.3, 0.4) is 0 Å². The molecule has 4 aromatic rings. The number of nitrogens with one attached hydrogen (secondary N) is 1. The number of unbranched alkanes of at least 4 members (excludes halogenated alkanes) is 1. The average Bonchev–Trinajstić information content (AvgIpc) is 3.24. The van der Waals surface area contributed by atoms with E-state index in [0.717, 1.165) is 19.3 Å². The Morgan fingerprint density at radius 3 is 2.09 bits per heavy atom. The van der Waals surface area contributed by atoms with Crippen molar-refractivity contribution in [2.24, 2.45) is 0 Å². The number of hydrogen-bond acceptors (Lipinski definition) is 3. The van der Waals surface area contributed by atoms with Crippen LogP contribution in [-0.4, -0.2) is 20.9 Å². The molecule has 0 aliphatic heterocycles. The quantitative estimate of drug-likeness (QED) is 0.228. The number of hydrogen-bond donors (Lipinski definition) is 1. The molecule has 0 radical (unpaired) electrons. The zero-order valence-electron chi connectivity index (χ0n) is 17.3. The number of halogens is 5. The highest BCUT2D eigenvalue weighted by atomic mass is 19.2. The summed E-state index contributed by atoms with van der Waals surface area (Å²) in [6.07, 6.45) is 3.15. The summed E-state index contributed by atoms with van der Waals surface area (Å²) >= 11 is 0. The number of nitrogens with zero attached hydrogens (tertiary/aromatic N) is 3. The van der Waals surface area contributed by atoms with E-state index in [1.54, 1.807) is 0 Å². The molecule has 0 aliphatic rings. The standard InChI is InChI=1S/C23H17F5N4O/c1-2-3-4-12-5-8-14(9-6-12)32-30-15-10-7-13(11-16(15)31-32)29-23(33)17-18(24)20(26)22(28)21(27)19(17)25/h5-11H,2-4H2,1H3,(H,29,33). The van der Waals surface area contributed by atoms with Crippen molar-refractivity contribution in [2.75, 3.05) is 5.32 Å². The zero-order chi connectivity index (χ0) is 23.7. The minimum absolute atomic E-state index is 0.0402. The normalized spacial score (nSPS) is 11.2. The van der Waals surface area contributed by atoms with E-state index in [9.17, 15) is 26.7 Å². The summed E-state index contributed by atoms with van der Waals surface area (Å²) in [5.41, 5.74) is 1.19. The van der Waals surface area contributed by atoms with Gasteiger partial charge in [0.2, 0.25) is 5.82 Å². The van der Waals surface area contributed by atoms with Gasteiger partial charge in [0.15, 0.2) is 23.3 Å². The molecule has 4 rings (SSSR count). The highest BCUT2D eigenvalue weighted by Crippen LogP contribution is 2.25. The van der Waals surface area contributed by atoms with Crippen molar-refractivity contribution in [2.45, 2.75) is 26.2 Å². The third-order valence-electron chi connectivity index (χ3n) is 5.06. The first-order valence-electron chi connectivity index (χ1n) is 10.1. The summed E-state index contributed by atoms with van der Waals surface area (Å²) < 4.78 is 67.8. The molecule has 0 bridgehead atoms. The molecule has 0 saturated carbocycles. The number of carbonyl (C=O) groups is 1. The van der Waals surface area contributed by atoms with E-state index in [1.807, 2.05) is 24.3 Å². The lowest BCUT2D eigenvalue weighted by atomic mass is 10.1. The van der Waals surface area contributed by atoms with Crippen LogP contribution in [0.4, 0.5) is 27.6 Å². The van der Waals surface area contributed by atoms with Crippen molar-refractivity contribution in [3.8, 4) is 5.69 Å². The summed E-state index contributed by atoms with van der Waals surface area (Å²) in [7, 11) is 0. The maximum atomic E-state index is 13.9. The van der Waals surface area contributed by atoms with Gasteiger partial charge in [0.05, 0.1) is 5.69 Å². The molecule has 0 aliphatic carbocycles. The molecule has 0 fully saturated rings. The van der Waals surface area contributed by atoms with Crippen molar-refractivity contribution in [3.05, 3.63) is 82.7 Å². The number of aryl methyl sites for hydroxylation is 1. The minimum atomic E-state index is -2.34. The van der Waals surface area contributed by atoms with Gasteiger partial charge in [-0.1, -0.05) is 25.5 Å². The molecule has 10 heteroatoms. The number of amides is 1. The molecule has 5 nitrogen and oxygen atoms in total. The summed E-state index contributed by atoms with van der Waals surface area (Å²) in [6, 6.07) is 12.0. The van der Waals surface area contributed by atoms with E-state index in [4.69, 9.17) is 0 Å².